The van der Waals surface area contributed by atoms with E-state index < -0.39 is 42.6 Å². The van der Waals surface area contributed by atoms with Crippen molar-refractivity contribution >= 4 is 17.8 Å². The Hall–Kier alpha value is -3.23. The molecule has 8 heteroatoms. The predicted molar refractivity (Wildman–Crippen MR) is 105 cm³/mol. The normalized spacial score (nSPS) is 13.7. The van der Waals surface area contributed by atoms with Crippen molar-refractivity contribution in [3.05, 3.63) is 71.8 Å². The zero-order chi connectivity index (χ0) is 21.2. The summed E-state index contributed by atoms with van der Waals surface area (Å²) in [7, 11) is 0. The molecular weight excluding hydrogens is 376 g/mol. The molecule has 8 nitrogen and oxygen atoms in total. The predicted octanol–water partition coefficient (Wildman–Crippen LogP) is -0.121. The average Bonchev–Trinajstić information content (AvgIpc) is 2.71. The lowest BCUT2D eigenvalue weighted by Gasteiger charge is -2.19. The first kappa shape index (κ1) is 22.1. The first-order valence-corrected chi connectivity index (χ1v) is 9.11. The van der Waals surface area contributed by atoms with Crippen molar-refractivity contribution < 1.29 is 29.7 Å². The molecule has 0 aliphatic heterocycles. The maximum Gasteiger partial charge on any atom is 0.328 e. The monoisotopic (exact) mass is 400 g/mol. The number of rotatable bonds is 10. The van der Waals surface area contributed by atoms with E-state index in [4.69, 9.17) is 0 Å². The lowest BCUT2D eigenvalue weighted by atomic mass is 10.1. The second-order valence-electron chi connectivity index (χ2n) is 6.56. The van der Waals surface area contributed by atoms with Gasteiger partial charge in [0.05, 0.1) is 0 Å². The van der Waals surface area contributed by atoms with Gasteiger partial charge in [0.15, 0.2) is 0 Å². The molecule has 154 valence electrons. The van der Waals surface area contributed by atoms with E-state index in [1.54, 1.807) is 54.6 Å². The molecule has 0 aliphatic carbocycles. The number of carbonyl (C=O) groups excluding carboxylic acids is 2. The fourth-order valence-electron chi connectivity index (χ4n) is 2.65. The summed E-state index contributed by atoms with van der Waals surface area (Å²) in [5.74, 6) is -2.98. The number of aliphatic hydroxyl groups is 2. The fourth-order valence-corrected chi connectivity index (χ4v) is 2.65. The third-order valence-corrected chi connectivity index (χ3v) is 4.24. The number of carbonyl (C=O) groups is 3. The van der Waals surface area contributed by atoms with Crippen LogP contribution in [-0.4, -0.2) is 57.9 Å². The molecule has 2 amide bonds. The Morgan fingerprint density at radius 1 is 0.759 bits per heavy atom. The van der Waals surface area contributed by atoms with Gasteiger partial charge in [-0.3, -0.25) is 9.59 Å². The summed E-state index contributed by atoms with van der Waals surface area (Å²) in [5, 5.41) is 33.7. The summed E-state index contributed by atoms with van der Waals surface area (Å²) >= 11 is 0. The number of aliphatic carboxylic acids is 1. The number of hydrogen-bond donors (Lipinski definition) is 5. The highest BCUT2D eigenvalue weighted by atomic mass is 16.4. The highest BCUT2D eigenvalue weighted by Crippen LogP contribution is 2.04. The summed E-state index contributed by atoms with van der Waals surface area (Å²) in [4.78, 5) is 35.5. The topological polar surface area (TPSA) is 136 Å². The molecule has 2 aromatic rings. The quantitative estimate of drug-likeness (QED) is 0.377. The number of carboxylic acids is 1. The van der Waals surface area contributed by atoms with Crippen LogP contribution < -0.4 is 10.6 Å². The molecule has 5 N–H and O–H groups in total. The van der Waals surface area contributed by atoms with Gasteiger partial charge in [-0.25, -0.2) is 4.79 Å². The summed E-state index contributed by atoms with van der Waals surface area (Å²) in [5.41, 5.74) is 1.47. The van der Waals surface area contributed by atoms with Crippen LogP contribution in [-0.2, 0) is 27.2 Å². The second kappa shape index (κ2) is 10.9. The number of nitrogens with one attached hydrogen (secondary N) is 2. The van der Waals surface area contributed by atoms with Gasteiger partial charge in [-0.15, -0.1) is 0 Å². The Bertz CT molecular complexity index is 812. The van der Waals surface area contributed by atoms with Gasteiger partial charge in [-0.1, -0.05) is 60.7 Å². The largest absolute Gasteiger partial charge is 0.480 e. The van der Waals surface area contributed by atoms with E-state index in [9.17, 15) is 29.7 Å². The molecule has 0 radical (unpaired) electrons. The van der Waals surface area contributed by atoms with Crippen LogP contribution in [0.3, 0.4) is 0 Å². The zero-order valence-electron chi connectivity index (χ0n) is 15.7. The molecule has 0 unspecified atom stereocenters. The molecule has 2 aromatic carbocycles. The number of benzene rings is 2. The van der Waals surface area contributed by atoms with Crippen LogP contribution in [0.25, 0.3) is 0 Å². The van der Waals surface area contributed by atoms with Crippen molar-refractivity contribution in [3.8, 4) is 0 Å². The van der Waals surface area contributed by atoms with Crippen molar-refractivity contribution in [1.29, 1.82) is 0 Å². The van der Waals surface area contributed by atoms with Gasteiger partial charge in [0.1, 0.15) is 18.2 Å². The molecule has 29 heavy (non-hydrogen) atoms. The minimum Gasteiger partial charge on any atom is -0.480 e. The molecule has 0 fully saturated rings. The van der Waals surface area contributed by atoms with Crippen molar-refractivity contribution in [2.45, 2.75) is 31.1 Å². The van der Waals surface area contributed by atoms with Gasteiger partial charge >= 0.3 is 5.97 Å². The maximum atomic E-state index is 12.1. The molecule has 0 spiro atoms. The Balaban J connectivity index is 1.84. The number of amides is 2. The van der Waals surface area contributed by atoms with E-state index in [0.29, 0.717) is 0 Å². The Morgan fingerprint density at radius 2 is 1.21 bits per heavy atom. The highest BCUT2D eigenvalue weighted by Gasteiger charge is 2.25. The minimum atomic E-state index is -1.44. The molecule has 0 bridgehead atoms. The Kier molecular flexibility index (Phi) is 8.32. The van der Waals surface area contributed by atoms with Crippen LogP contribution >= 0.6 is 0 Å². The van der Waals surface area contributed by atoms with Crippen LogP contribution in [0.1, 0.15) is 11.1 Å². The van der Waals surface area contributed by atoms with Gasteiger partial charge in [0, 0.05) is 19.4 Å². The van der Waals surface area contributed by atoms with Crippen LogP contribution in [0.4, 0.5) is 0 Å². The van der Waals surface area contributed by atoms with Gasteiger partial charge in [0.25, 0.3) is 0 Å². The summed E-state index contributed by atoms with van der Waals surface area (Å²) in [6.45, 7) is -0.427. The summed E-state index contributed by atoms with van der Waals surface area (Å²) in [6.07, 6.45) is -2.68. The van der Waals surface area contributed by atoms with Gasteiger partial charge in [0.2, 0.25) is 11.8 Å². The molecule has 2 rings (SSSR count). The first-order chi connectivity index (χ1) is 13.9. The van der Waals surface area contributed by atoms with Crippen molar-refractivity contribution in [2.75, 3.05) is 6.54 Å². The molecule has 0 heterocycles. The van der Waals surface area contributed by atoms with Crippen molar-refractivity contribution in [3.63, 3.8) is 0 Å². The zero-order valence-corrected chi connectivity index (χ0v) is 15.7. The smallest absolute Gasteiger partial charge is 0.328 e. The molecule has 0 saturated carbocycles. The number of hydrogen-bond acceptors (Lipinski definition) is 5. The van der Waals surface area contributed by atoms with E-state index in [2.05, 4.69) is 10.6 Å². The van der Waals surface area contributed by atoms with Crippen molar-refractivity contribution in [2.24, 2.45) is 0 Å². The SMILES string of the molecule is O=C(O)[C@H](CNC(=O)[C@@H](O)Cc1ccccc1)NC(=O)[C@@H](O)Cc1ccccc1. The molecule has 3 atom stereocenters. The molecule has 0 saturated heterocycles. The van der Waals surface area contributed by atoms with Gasteiger partial charge < -0.3 is 26.0 Å². The van der Waals surface area contributed by atoms with E-state index in [-0.39, 0.29) is 12.8 Å². The van der Waals surface area contributed by atoms with Crippen LogP contribution in [0.15, 0.2) is 60.7 Å². The third kappa shape index (κ3) is 7.36. The lowest BCUT2D eigenvalue weighted by Crippen LogP contribution is -2.52. The Morgan fingerprint density at radius 3 is 1.66 bits per heavy atom. The number of carboxylic acid groups (broad SMARTS) is 1. The lowest BCUT2D eigenvalue weighted by molar-refractivity contribution is -0.143. The number of aliphatic hydroxyl groups excluding tert-OH is 2. The standard InChI is InChI=1S/C21H24N2O6/c24-17(11-14-7-3-1-4-8-14)19(26)22-13-16(21(28)29)23-20(27)18(25)12-15-9-5-2-6-10-15/h1-10,16-18,24-25H,11-13H2,(H,22,26)(H,23,27)(H,28,29)/t16-,17-,18-/m0/s1. The molecular formula is C21H24N2O6. The summed E-state index contributed by atoms with van der Waals surface area (Å²) < 4.78 is 0. The van der Waals surface area contributed by atoms with Crippen LogP contribution in [0.5, 0.6) is 0 Å². The fraction of sp³-hybridized carbons (Fsp3) is 0.286. The molecule has 0 aromatic heterocycles. The van der Waals surface area contributed by atoms with Crippen LogP contribution in [0.2, 0.25) is 0 Å². The van der Waals surface area contributed by atoms with E-state index >= 15 is 0 Å². The van der Waals surface area contributed by atoms with E-state index in [1.807, 2.05) is 6.07 Å². The van der Waals surface area contributed by atoms with Gasteiger partial charge in [-0.2, -0.15) is 0 Å². The van der Waals surface area contributed by atoms with Crippen molar-refractivity contribution in [1.82, 2.24) is 10.6 Å². The van der Waals surface area contributed by atoms with Gasteiger partial charge in [-0.05, 0) is 11.1 Å². The van der Waals surface area contributed by atoms with E-state index in [1.165, 1.54) is 0 Å². The second-order valence-corrected chi connectivity index (χ2v) is 6.56. The molecule has 0 aliphatic rings. The minimum absolute atomic E-state index is 0.0289. The average molecular weight is 400 g/mol. The Labute approximate surface area is 168 Å². The maximum absolute atomic E-state index is 12.1. The van der Waals surface area contributed by atoms with Crippen LogP contribution in [0, 0.1) is 0 Å². The van der Waals surface area contributed by atoms with E-state index in [0.717, 1.165) is 11.1 Å². The highest BCUT2D eigenvalue weighted by molar-refractivity contribution is 5.87. The third-order valence-electron chi connectivity index (χ3n) is 4.24. The summed E-state index contributed by atoms with van der Waals surface area (Å²) in [6, 6.07) is 16.2. The first-order valence-electron chi connectivity index (χ1n) is 9.11.